The lowest BCUT2D eigenvalue weighted by molar-refractivity contribution is -0.142. The summed E-state index contributed by atoms with van der Waals surface area (Å²) >= 11 is 7.42. The summed E-state index contributed by atoms with van der Waals surface area (Å²) in [6.45, 7) is 2.82. The third kappa shape index (κ3) is 4.19. The molecule has 4 rings (SSSR count). The lowest BCUT2D eigenvalue weighted by Gasteiger charge is -2.27. The summed E-state index contributed by atoms with van der Waals surface area (Å²) < 4.78 is 3.99. The van der Waals surface area contributed by atoms with Crippen molar-refractivity contribution in [1.29, 1.82) is 0 Å². The number of hydrogen-bond acceptors (Lipinski definition) is 6. The Morgan fingerprint density at radius 2 is 1.94 bits per heavy atom. The first-order valence-corrected chi connectivity index (χ1v) is 11.2. The molecule has 0 radical (unpaired) electrons. The molecule has 0 unspecified atom stereocenters. The number of thiophene rings is 1. The average molecular weight is 467 g/mol. The highest BCUT2D eigenvalue weighted by Crippen LogP contribution is 2.33. The molecule has 31 heavy (non-hydrogen) atoms. The number of hydrogen-bond donors (Lipinski definition) is 3. The minimum absolute atomic E-state index is 0.128. The quantitative estimate of drug-likeness (QED) is 0.530. The normalized spacial score (nSPS) is 19.7. The van der Waals surface area contributed by atoms with Crippen molar-refractivity contribution >= 4 is 50.5 Å². The minimum Gasteiger partial charge on any atom is -0.481 e. The highest BCUT2D eigenvalue weighted by molar-refractivity contribution is 7.22. The van der Waals surface area contributed by atoms with Crippen molar-refractivity contribution < 1.29 is 19.8 Å². The van der Waals surface area contributed by atoms with E-state index >= 15 is 0 Å². The summed E-state index contributed by atoms with van der Waals surface area (Å²) in [5.41, 5.74) is -0.838. The van der Waals surface area contributed by atoms with Crippen molar-refractivity contribution in [2.75, 3.05) is 0 Å². The Labute approximate surface area is 186 Å². The lowest BCUT2D eigenvalue weighted by atomic mass is 9.86. The number of carboxylic acids is 1. The number of fused-ring (bicyclic) bond motifs is 3. The standard InChI is InChI=1S/C20H23ClN4O5S/c1-20(2,30)19-23-24(9-16(26)22-11-5-3-10(4-6-11)18(28)29)17(27)13-7-14-12(25(13)19)8-15(21)31-14/h7-8,10-11,30H,3-6,9H2,1-2H3,(H,22,26)(H,28,29). The Balaban J connectivity index is 1.62. The molecule has 1 aliphatic carbocycles. The summed E-state index contributed by atoms with van der Waals surface area (Å²) in [4.78, 5) is 36.7. The largest absolute Gasteiger partial charge is 0.481 e. The van der Waals surface area contributed by atoms with Crippen molar-refractivity contribution in [3.63, 3.8) is 0 Å². The van der Waals surface area contributed by atoms with Crippen LogP contribution in [0.5, 0.6) is 0 Å². The van der Waals surface area contributed by atoms with Gasteiger partial charge in [-0.2, -0.15) is 5.10 Å². The second kappa shape index (κ2) is 7.92. The minimum atomic E-state index is -1.38. The average Bonchev–Trinajstić information content (AvgIpc) is 3.20. The van der Waals surface area contributed by atoms with Crippen LogP contribution in [0.1, 0.15) is 45.4 Å². The van der Waals surface area contributed by atoms with E-state index in [1.807, 2.05) is 0 Å². The molecule has 3 N–H and O–H groups in total. The Bertz CT molecular complexity index is 1230. The molecule has 3 aromatic heterocycles. The Hall–Kier alpha value is -2.43. The van der Waals surface area contributed by atoms with Gasteiger partial charge in [-0.1, -0.05) is 11.6 Å². The van der Waals surface area contributed by atoms with Gasteiger partial charge in [0.1, 0.15) is 17.7 Å². The molecule has 0 aromatic carbocycles. The van der Waals surface area contributed by atoms with Gasteiger partial charge in [-0.15, -0.1) is 11.3 Å². The van der Waals surface area contributed by atoms with E-state index < -0.39 is 17.1 Å². The number of nitrogens with one attached hydrogen (secondary N) is 1. The molecular formula is C20H23ClN4O5S. The predicted molar refractivity (Wildman–Crippen MR) is 117 cm³/mol. The maximum Gasteiger partial charge on any atom is 0.306 e. The van der Waals surface area contributed by atoms with Gasteiger partial charge < -0.3 is 15.5 Å². The fraction of sp³-hybridized carbons (Fsp3) is 0.500. The number of carbonyl (C=O) groups excluding carboxylic acids is 1. The van der Waals surface area contributed by atoms with E-state index in [4.69, 9.17) is 16.7 Å². The van der Waals surface area contributed by atoms with Gasteiger partial charge >= 0.3 is 5.97 Å². The highest BCUT2D eigenvalue weighted by Gasteiger charge is 2.29. The zero-order valence-electron chi connectivity index (χ0n) is 17.1. The first-order valence-electron chi connectivity index (χ1n) is 10.0. The number of carboxylic acid groups (broad SMARTS) is 1. The van der Waals surface area contributed by atoms with Crippen LogP contribution < -0.4 is 10.9 Å². The van der Waals surface area contributed by atoms with Gasteiger partial charge in [0, 0.05) is 6.04 Å². The first-order chi connectivity index (χ1) is 14.5. The van der Waals surface area contributed by atoms with Crippen molar-refractivity contribution in [1.82, 2.24) is 19.5 Å². The fourth-order valence-electron chi connectivity index (χ4n) is 4.08. The van der Waals surface area contributed by atoms with Crippen LogP contribution in [0.3, 0.4) is 0 Å². The molecule has 166 valence electrons. The SMILES string of the molecule is CC(C)(O)c1nn(CC(=O)NC2CCC(C(=O)O)CC2)c(=O)c2cc3sc(Cl)cc3n12. The van der Waals surface area contributed by atoms with Crippen LogP contribution in [-0.4, -0.2) is 42.3 Å². The summed E-state index contributed by atoms with van der Waals surface area (Å²) in [6, 6.07) is 3.28. The van der Waals surface area contributed by atoms with E-state index in [2.05, 4.69) is 10.4 Å². The van der Waals surface area contributed by atoms with Crippen LogP contribution in [-0.2, 0) is 21.7 Å². The third-order valence-electron chi connectivity index (χ3n) is 5.62. The van der Waals surface area contributed by atoms with Gasteiger partial charge in [0.2, 0.25) is 5.91 Å². The van der Waals surface area contributed by atoms with Crippen molar-refractivity contribution in [3.05, 3.63) is 32.6 Å². The van der Waals surface area contributed by atoms with Crippen LogP contribution >= 0.6 is 22.9 Å². The van der Waals surface area contributed by atoms with Gasteiger partial charge in [-0.25, -0.2) is 4.68 Å². The molecule has 1 amide bonds. The fourth-order valence-corrected chi connectivity index (χ4v) is 5.24. The number of nitrogens with zero attached hydrogens (tertiary/aromatic N) is 3. The molecule has 0 aliphatic heterocycles. The maximum atomic E-state index is 13.0. The second-order valence-corrected chi connectivity index (χ2v) is 10.2. The lowest BCUT2D eigenvalue weighted by Crippen LogP contribution is -2.42. The van der Waals surface area contributed by atoms with E-state index in [9.17, 15) is 19.5 Å². The Morgan fingerprint density at radius 3 is 2.55 bits per heavy atom. The maximum absolute atomic E-state index is 13.0. The molecule has 0 bridgehead atoms. The molecule has 11 heteroatoms. The van der Waals surface area contributed by atoms with Crippen molar-refractivity contribution in [2.24, 2.45) is 5.92 Å². The monoisotopic (exact) mass is 466 g/mol. The predicted octanol–water partition coefficient (Wildman–Crippen LogP) is 2.35. The zero-order valence-corrected chi connectivity index (χ0v) is 18.7. The van der Waals surface area contributed by atoms with Gasteiger partial charge in [-0.05, 0) is 51.7 Å². The Kier molecular flexibility index (Phi) is 5.57. The van der Waals surface area contributed by atoms with Crippen LogP contribution in [0.4, 0.5) is 0 Å². The van der Waals surface area contributed by atoms with E-state index in [0.29, 0.717) is 41.1 Å². The van der Waals surface area contributed by atoms with Gasteiger partial charge in [0.25, 0.3) is 5.56 Å². The van der Waals surface area contributed by atoms with Crippen molar-refractivity contribution in [2.45, 2.75) is 57.7 Å². The number of aromatic nitrogens is 3. The Morgan fingerprint density at radius 1 is 1.26 bits per heavy atom. The number of amides is 1. The summed E-state index contributed by atoms with van der Waals surface area (Å²) in [5, 5.41) is 27.0. The van der Waals surface area contributed by atoms with Crippen LogP contribution in [0.25, 0.3) is 15.7 Å². The topological polar surface area (TPSA) is 126 Å². The third-order valence-corrected chi connectivity index (χ3v) is 6.82. The summed E-state index contributed by atoms with van der Waals surface area (Å²) in [6.07, 6.45) is 2.18. The molecule has 0 spiro atoms. The molecule has 9 nitrogen and oxygen atoms in total. The van der Waals surface area contributed by atoms with Crippen LogP contribution in [0.15, 0.2) is 16.9 Å². The zero-order chi connectivity index (χ0) is 22.5. The molecule has 0 atom stereocenters. The van der Waals surface area contributed by atoms with E-state index in [1.54, 1.807) is 30.4 Å². The number of rotatable bonds is 5. The van der Waals surface area contributed by atoms with Crippen molar-refractivity contribution in [3.8, 4) is 0 Å². The summed E-state index contributed by atoms with van der Waals surface area (Å²) in [5.74, 6) is -1.33. The molecular weight excluding hydrogens is 444 g/mol. The highest BCUT2D eigenvalue weighted by atomic mass is 35.5. The number of aliphatic hydroxyl groups is 1. The molecule has 3 aromatic rings. The van der Waals surface area contributed by atoms with Gasteiger partial charge in [0.05, 0.1) is 20.5 Å². The molecule has 3 heterocycles. The first kappa shape index (κ1) is 21.8. The van der Waals surface area contributed by atoms with Gasteiger partial charge in [0.15, 0.2) is 5.82 Å². The molecule has 1 saturated carbocycles. The molecule has 1 aliphatic rings. The second-order valence-electron chi connectivity index (χ2n) is 8.46. The number of halogens is 1. The molecule has 1 fully saturated rings. The van der Waals surface area contributed by atoms with Crippen LogP contribution in [0, 0.1) is 5.92 Å². The van der Waals surface area contributed by atoms with Gasteiger partial charge in [-0.3, -0.25) is 18.8 Å². The summed E-state index contributed by atoms with van der Waals surface area (Å²) in [7, 11) is 0. The van der Waals surface area contributed by atoms with E-state index in [-0.39, 0.29) is 30.2 Å². The molecule has 0 saturated heterocycles. The van der Waals surface area contributed by atoms with Crippen LogP contribution in [0.2, 0.25) is 4.34 Å². The number of aliphatic carboxylic acids is 1. The number of carbonyl (C=O) groups is 2. The van der Waals surface area contributed by atoms with E-state index in [1.165, 1.54) is 11.3 Å². The smallest absolute Gasteiger partial charge is 0.306 e. The van der Waals surface area contributed by atoms with E-state index in [0.717, 1.165) is 9.38 Å².